The zero-order chi connectivity index (χ0) is 13.5. The predicted molar refractivity (Wildman–Crippen MR) is 76.5 cm³/mol. The molecule has 1 atom stereocenters. The van der Waals surface area contributed by atoms with Crippen molar-refractivity contribution in [2.75, 3.05) is 12.3 Å². The first-order valence-corrected chi connectivity index (χ1v) is 7.29. The van der Waals surface area contributed by atoms with Crippen molar-refractivity contribution in [2.24, 2.45) is 0 Å². The lowest BCUT2D eigenvalue weighted by Gasteiger charge is -2.09. The molecule has 3 nitrogen and oxygen atoms in total. The van der Waals surface area contributed by atoms with Crippen molar-refractivity contribution in [2.45, 2.75) is 24.3 Å². The lowest BCUT2D eigenvalue weighted by Crippen LogP contribution is -2.32. The Labute approximate surface area is 121 Å². The van der Waals surface area contributed by atoms with Crippen LogP contribution in [0.15, 0.2) is 23.1 Å². The monoisotopic (exact) mass is 307 g/mol. The van der Waals surface area contributed by atoms with Crippen LogP contribution in [0.1, 0.15) is 13.3 Å². The third-order valence-corrected chi connectivity index (χ3v) is 3.99. The Morgan fingerprint density at radius 3 is 2.89 bits per heavy atom. The van der Waals surface area contributed by atoms with Gasteiger partial charge in [-0.05, 0) is 24.6 Å². The lowest BCUT2D eigenvalue weighted by molar-refractivity contribution is -0.119. The second kappa shape index (κ2) is 7.89. The second-order valence-electron chi connectivity index (χ2n) is 3.73. The first kappa shape index (κ1) is 15.6. The van der Waals surface area contributed by atoms with Gasteiger partial charge in [0.15, 0.2) is 0 Å². The average Bonchev–Trinajstić information content (AvgIpc) is 2.36. The molecule has 100 valence electrons. The normalized spacial score (nSPS) is 12.2. The molecule has 1 aromatic rings. The van der Waals surface area contributed by atoms with Gasteiger partial charge in [-0.15, -0.1) is 11.8 Å². The number of benzene rings is 1. The van der Waals surface area contributed by atoms with E-state index in [1.807, 2.05) is 6.92 Å². The Hall–Kier alpha value is -0.420. The molecule has 0 saturated carbocycles. The van der Waals surface area contributed by atoms with E-state index in [4.69, 9.17) is 23.2 Å². The fraction of sp³-hybridized carbons (Fsp3) is 0.417. The highest BCUT2D eigenvalue weighted by Crippen LogP contribution is 2.29. The Balaban J connectivity index is 2.40. The Bertz CT molecular complexity index is 415. The number of amides is 1. The molecule has 0 aliphatic heterocycles. The summed E-state index contributed by atoms with van der Waals surface area (Å²) in [6.07, 6.45) is 0.127. The number of halogens is 2. The van der Waals surface area contributed by atoms with Crippen molar-refractivity contribution in [1.82, 2.24) is 5.32 Å². The van der Waals surface area contributed by atoms with Crippen LogP contribution in [0.5, 0.6) is 0 Å². The third-order valence-electron chi connectivity index (χ3n) is 2.26. The van der Waals surface area contributed by atoms with Crippen molar-refractivity contribution < 1.29 is 9.90 Å². The topological polar surface area (TPSA) is 49.3 Å². The summed E-state index contributed by atoms with van der Waals surface area (Å²) in [6, 6.07) is 5.12. The minimum absolute atomic E-state index is 0.136. The number of aliphatic hydroxyl groups is 1. The van der Waals surface area contributed by atoms with Crippen molar-refractivity contribution in [3.8, 4) is 0 Å². The Morgan fingerprint density at radius 1 is 1.50 bits per heavy atom. The average molecular weight is 308 g/mol. The molecule has 0 fully saturated rings. The summed E-state index contributed by atoms with van der Waals surface area (Å²) in [4.78, 5) is 12.3. The quantitative estimate of drug-likeness (QED) is 0.794. The molecule has 1 unspecified atom stereocenters. The first-order valence-electron chi connectivity index (χ1n) is 5.55. The molecule has 0 spiro atoms. The summed E-state index contributed by atoms with van der Waals surface area (Å²) in [5.74, 6) is 0.111. The molecule has 2 N–H and O–H groups in total. The van der Waals surface area contributed by atoms with E-state index in [0.29, 0.717) is 16.5 Å². The van der Waals surface area contributed by atoms with Crippen molar-refractivity contribution in [3.63, 3.8) is 0 Å². The lowest BCUT2D eigenvalue weighted by atomic mass is 10.3. The van der Waals surface area contributed by atoms with E-state index < -0.39 is 6.10 Å². The number of hydrogen-bond donors (Lipinski definition) is 2. The van der Waals surface area contributed by atoms with Crippen LogP contribution in [0.4, 0.5) is 0 Å². The van der Waals surface area contributed by atoms with Crippen LogP contribution in [-0.2, 0) is 4.79 Å². The van der Waals surface area contributed by atoms with Gasteiger partial charge in [-0.2, -0.15) is 0 Å². The highest BCUT2D eigenvalue weighted by molar-refractivity contribution is 8.00. The van der Waals surface area contributed by atoms with Crippen molar-refractivity contribution in [3.05, 3.63) is 28.2 Å². The molecular weight excluding hydrogens is 293 g/mol. The third kappa shape index (κ3) is 5.48. The number of nitrogens with one attached hydrogen (secondary N) is 1. The number of hydrogen-bond acceptors (Lipinski definition) is 3. The summed E-state index contributed by atoms with van der Waals surface area (Å²) in [7, 11) is 0. The molecule has 0 aromatic heterocycles. The molecule has 0 aliphatic carbocycles. The molecular formula is C12H15Cl2NO2S. The minimum atomic E-state index is -0.492. The fourth-order valence-electron chi connectivity index (χ4n) is 1.16. The van der Waals surface area contributed by atoms with E-state index in [1.165, 1.54) is 11.8 Å². The maximum atomic E-state index is 11.5. The summed E-state index contributed by atoms with van der Waals surface area (Å²) < 4.78 is 0. The highest BCUT2D eigenvalue weighted by Gasteiger charge is 2.08. The van der Waals surface area contributed by atoms with Gasteiger partial charge < -0.3 is 10.4 Å². The molecule has 0 heterocycles. The molecule has 1 aromatic carbocycles. The largest absolute Gasteiger partial charge is 0.391 e. The van der Waals surface area contributed by atoms with E-state index >= 15 is 0 Å². The van der Waals surface area contributed by atoms with Crippen molar-refractivity contribution >= 4 is 40.9 Å². The SMILES string of the molecule is CCC(O)CNC(=O)CSc1cc(Cl)ccc1Cl. The zero-order valence-corrected chi connectivity index (χ0v) is 12.3. The standard InChI is InChI=1S/C12H15Cl2NO2S/c1-2-9(16)6-15-12(17)7-18-11-5-8(13)3-4-10(11)14/h3-5,9,16H,2,6-7H2,1H3,(H,15,17). The van der Waals surface area contributed by atoms with Crippen LogP contribution in [0.25, 0.3) is 0 Å². The molecule has 6 heteroatoms. The van der Waals surface area contributed by atoms with Crippen molar-refractivity contribution in [1.29, 1.82) is 0 Å². The van der Waals surface area contributed by atoms with Gasteiger partial charge in [0, 0.05) is 16.5 Å². The number of aliphatic hydroxyl groups excluding tert-OH is 1. The number of carbonyl (C=O) groups excluding carboxylic acids is 1. The number of rotatable bonds is 6. The maximum Gasteiger partial charge on any atom is 0.230 e. The summed E-state index contributed by atoms with van der Waals surface area (Å²) in [5, 5.41) is 13.1. The summed E-state index contributed by atoms with van der Waals surface area (Å²) in [5.41, 5.74) is 0. The van der Waals surface area contributed by atoms with Crippen LogP contribution < -0.4 is 5.32 Å². The van der Waals surface area contributed by atoms with E-state index in [1.54, 1.807) is 18.2 Å². The fourth-order valence-corrected chi connectivity index (χ4v) is 2.48. The van der Waals surface area contributed by atoms with Crippen LogP contribution in [-0.4, -0.2) is 29.4 Å². The zero-order valence-electron chi connectivity index (χ0n) is 9.95. The van der Waals surface area contributed by atoms with Gasteiger partial charge in [-0.1, -0.05) is 30.1 Å². The molecule has 18 heavy (non-hydrogen) atoms. The Morgan fingerprint density at radius 2 is 2.22 bits per heavy atom. The molecule has 0 bridgehead atoms. The van der Waals surface area contributed by atoms with E-state index in [2.05, 4.69) is 5.32 Å². The summed E-state index contributed by atoms with van der Waals surface area (Å²) in [6.45, 7) is 2.14. The Kier molecular flexibility index (Phi) is 6.86. The van der Waals surface area contributed by atoms with E-state index in [9.17, 15) is 9.90 Å². The van der Waals surface area contributed by atoms with Gasteiger partial charge in [-0.25, -0.2) is 0 Å². The second-order valence-corrected chi connectivity index (χ2v) is 5.59. The van der Waals surface area contributed by atoms with Crippen LogP contribution in [0.3, 0.4) is 0 Å². The number of carbonyl (C=O) groups is 1. The van der Waals surface area contributed by atoms with Gasteiger partial charge in [0.05, 0.1) is 16.9 Å². The molecule has 0 aliphatic rings. The molecule has 0 saturated heterocycles. The van der Waals surface area contributed by atoms with Crippen LogP contribution in [0.2, 0.25) is 10.0 Å². The predicted octanol–water partition coefficient (Wildman–Crippen LogP) is 2.97. The van der Waals surface area contributed by atoms with Gasteiger partial charge in [-0.3, -0.25) is 4.79 Å². The van der Waals surface area contributed by atoms with Gasteiger partial charge in [0.25, 0.3) is 0 Å². The van der Waals surface area contributed by atoms with E-state index in [-0.39, 0.29) is 18.2 Å². The highest BCUT2D eigenvalue weighted by atomic mass is 35.5. The van der Waals surface area contributed by atoms with Crippen LogP contribution >= 0.6 is 35.0 Å². The minimum Gasteiger partial charge on any atom is -0.391 e. The molecule has 1 amide bonds. The van der Waals surface area contributed by atoms with Gasteiger partial charge in [0.1, 0.15) is 0 Å². The maximum absolute atomic E-state index is 11.5. The van der Waals surface area contributed by atoms with E-state index in [0.717, 1.165) is 4.90 Å². The number of thioether (sulfide) groups is 1. The smallest absolute Gasteiger partial charge is 0.230 e. The van der Waals surface area contributed by atoms with Gasteiger partial charge >= 0.3 is 0 Å². The van der Waals surface area contributed by atoms with Gasteiger partial charge in [0.2, 0.25) is 5.91 Å². The molecule has 1 rings (SSSR count). The van der Waals surface area contributed by atoms with Crippen LogP contribution in [0, 0.1) is 0 Å². The first-order chi connectivity index (χ1) is 8.52. The summed E-state index contributed by atoms with van der Waals surface area (Å²) >= 11 is 13.1. The molecule has 0 radical (unpaired) electrons.